The maximum absolute atomic E-state index is 12.9. The first-order valence-corrected chi connectivity index (χ1v) is 5.14. The fourth-order valence-electron chi connectivity index (χ4n) is 1.38. The predicted molar refractivity (Wildman–Crippen MR) is 63.4 cm³/mol. The van der Waals surface area contributed by atoms with Gasteiger partial charge in [0.15, 0.2) is 0 Å². The number of carbonyl (C=O) groups excluding carboxylic acids is 1. The van der Waals surface area contributed by atoms with Gasteiger partial charge in [0, 0.05) is 12.5 Å². The van der Waals surface area contributed by atoms with Gasteiger partial charge in [0.05, 0.1) is 11.0 Å². The van der Waals surface area contributed by atoms with Gasteiger partial charge >= 0.3 is 0 Å². The summed E-state index contributed by atoms with van der Waals surface area (Å²) in [5, 5.41) is 13.2. The Morgan fingerprint density at radius 2 is 2.33 bits per heavy atom. The van der Waals surface area contributed by atoms with Crippen molar-refractivity contribution in [3.05, 3.63) is 39.7 Å². The number of benzene rings is 1. The second kappa shape index (κ2) is 5.77. The van der Waals surface area contributed by atoms with E-state index in [1.165, 1.54) is 0 Å². The van der Waals surface area contributed by atoms with Crippen molar-refractivity contribution >= 4 is 11.6 Å². The molecule has 1 unspecified atom stereocenters. The summed E-state index contributed by atoms with van der Waals surface area (Å²) in [5.74, 6) is 0.945. The van der Waals surface area contributed by atoms with Crippen LogP contribution in [0.5, 0.6) is 0 Å². The van der Waals surface area contributed by atoms with E-state index in [-0.39, 0.29) is 11.6 Å². The normalized spacial score (nSPS) is 11.4. The molecule has 0 aromatic heterocycles. The van der Waals surface area contributed by atoms with Crippen LogP contribution in [0.4, 0.5) is 10.1 Å². The highest BCUT2D eigenvalue weighted by Crippen LogP contribution is 2.19. The molecule has 0 aliphatic carbocycles. The number of rotatable bonds is 4. The lowest BCUT2D eigenvalue weighted by molar-refractivity contribution is -0.385. The molecule has 5 nitrogen and oxygen atoms in total. The summed E-state index contributed by atoms with van der Waals surface area (Å²) in [4.78, 5) is 21.7. The quantitative estimate of drug-likeness (QED) is 0.503. The molecule has 94 valence electrons. The fraction of sp³-hybridized carbons (Fsp3) is 0.250. The maximum atomic E-state index is 12.9. The van der Waals surface area contributed by atoms with Crippen molar-refractivity contribution in [2.24, 2.45) is 0 Å². The van der Waals surface area contributed by atoms with Crippen molar-refractivity contribution in [2.45, 2.75) is 19.4 Å². The van der Waals surface area contributed by atoms with Gasteiger partial charge in [-0.15, -0.1) is 12.3 Å². The summed E-state index contributed by atoms with van der Waals surface area (Å²) < 4.78 is 12.9. The number of terminal acetylenes is 1. The van der Waals surface area contributed by atoms with Crippen LogP contribution in [-0.4, -0.2) is 16.9 Å². The Morgan fingerprint density at radius 1 is 1.67 bits per heavy atom. The summed E-state index contributed by atoms with van der Waals surface area (Å²) in [5.41, 5.74) is -0.759. The molecule has 0 radical (unpaired) electrons. The summed E-state index contributed by atoms with van der Waals surface area (Å²) in [6.45, 7) is 1.67. The van der Waals surface area contributed by atoms with E-state index in [4.69, 9.17) is 6.42 Å². The Labute approximate surface area is 103 Å². The molecule has 0 saturated heterocycles. The van der Waals surface area contributed by atoms with E-state index >= 15 is 0 Å². The molecule has 6 heteroatoms. The number of halogens is 1. The predicted octanol–water partition coefficient (Wildman–Crippen LogP) is 1.88. The minimum atomic E-state index is -0.802. The number of nitrogens with one attached hydrogen (secondary N) is 1. The van der Waals surface area contributed by atoms with E-state index in [1.54, 1.807) is 6.92 Å². The van der Waals surface area contributed by atoms with Crippen LogP contribution >= 0.6 is 0 Å². The van der Waals surface area contributed by atoms with Gasteiger partial charge in [-0.3, -0.25) is 14.9 Å². The third kappa shape index (κ3) is 3.28. The smallest absolute Gasteiger partial charge is 0.285 e. The number of nitrogens with zero attached hydrogens (tertiary/aromatic N) is 1. The van der Waals surface area contributed by atoms with Crippen molar-refractivity contribution < 1.29 is 14.1 Å². The molecule has 1 N–H and O–H groups in total. The summed E-state index contributed by atoms with van der Waals surface area (Å²) in [7, 11) is 0. The first kappa shape index (κ1) is 13.6. The molecule has 0 aliphatic heterocycles. The first-order valence-electron chi connectivity index (χ1n) is 5.14. The van der Waals surface area contributed by atoms with Gasteiger partial charge < -0.3 is 5.32 Å². The van der Waals surface area contributed by atoms with Crippen LogP contribution in [0.3, 0.4) is 0 Å². The molecule has 1 rings (SSSR count). The zero-order chi connectivity index (χ0) is 13.7. The van der Waals surface area contributed by atoms with E-state index in [2.05, 4.69) is 11.2 Å². The molecule has 0 bridgehead atoms. The summed E-state index contributed by atoms with van der Waals surface area (Å²) >= 11 is 0. The van der Waals surface area contributed by atoms with Gasteiger partial charge in [-0.25, -0.2) is 4.39 Å². The molecular formula is C12H11FN2O3. The number of hydrogen-bond donors (Lipinski definition) is 1. The monoisotopic (exact) mass is 250 g/mol. The van der Waals surface area contributed by atoms with Crippen molar-refractivity contribution in [2.75, 3.05) is 0 Å². The third-order valence-electron chi connectivity index (χ3n) is 2.20. The van der Waals surface area contributed by atoms with Crippen molar-refractivity contribution in [3.8, 4) is 12.3 Å². The van der Waals surface area contributed by atoms with Gasteiger partial charge in [-0.1, -0.05) is 0 Å². The first-order chi connectivity index (χ1) is 8.45. The van der Waals surface area contributed by atoms with E-state index in [0.29, 0.717) is 12.5 Å². The second-order valence-electron chi connectivity index (χ2n) is 3.70. The highest BCUT2D eigenvalue weighted by atomic mass is 19.1. The van der Waals surface area contributed by atoms with Crippen LogP contribution in [0.2, 0.25) is 0 Å². The van der Waals surface area contributed by atoms with Crippen LogP contribution < -0.4 is 5.32 Å². The highest BCUT2D eigenvalue weighted by molar-refractivity contribution is 5.98. The lowest BCUT2D eigenvalue weighted by Gasteiger charge is -2.10. The van der Waals surface area contributed by atoms with Gasteiger partial charge in [-0.05, 0) is 19.1 Å². The van der Waals surface area contributed by atoms with E-state index in [1.807, 2.05) is 0 Å². The molecular weight excluding hydrogens is 239 g/mol. The van der Waals surface area contributed by atoms with Gasteiger partial charge in [0.2, 0.25) is 0 Å². The molecule has 18 heavy (non-hydrogen) atoms. The third-order valence-corrected chi connectivity index (χ3v) is 2.20. The molecule has 1 aromatic rings. The minimum absolute atomic E-state index is 0.190. The summed E-state index contributed by atoms with van der Waals surface area (Å²) in [6, 6.07) is 2.46. The Kier molecular flexibility index (Phi) is 4.38. The van der Waals surface area contributed by atoms with Gasteiger partial charge in [0.1, 0.15) is 11.4 Å². The van der Waals surface area contributed by atoms with Crippen LogP contribution in [0.1, 0.15) is 23.7 Å². The molecule has 1 amide bonds. The fourth-order valence-corrected chi connectivity index (χ4v) is 1.38. The van der Waals surface area contributed by atoms with Gasteiger partial charge in [0.25, 0.3) is 11.6 Å². The molecule has 0 aliphatic rings. The van der Waals surface area contributed by atoms with Crippen molar-refractivity contribution in [1.29, 1.82) is 0 Å². The Hall–Kier alpha value is -2.42. The Bertz CT molecular complexity index is 523. The number of hydrogen-bond acceptors (Lipinski definition) is 3. The average molecular weight is 250 g/mol. The lowest BCUT2D eigenvalue weighted by Crippen LogP contribution is -2.32. The van der Waals surface area contributed by atoms with E-state index < -0.39 is 22.3 Å². The SMILES string of the molecule is C#CCC(C)NC(=O)c1ccc(F)cc1[N+](=O)[O-]. The average Bonchev–Trinajstić information content (AvgIpc) is 2.28. The Balaban J connectivity index is 2.99. The molecule has 0 heterocycles. The lowest BCUT2D eigenvalue weighted by atomic mass is 10.1. The number of amides is 1. The van der Waals surface area contributed by atoms with Crippen LogP contribution in [-0.2, 0) is 0 Å². The van der Waals surface area contributed by atoms with Crippen LogP contribution in [0.25, 0.3) is 0 Å². The zero-order valence-corrected chi connectivity index (χ0v) is 9.64. The largest absolute Gasteiger partial charge is 0.348 e. The van der Waals surface area contributed by atoms with E-state index in [0.717, 1.165) is 12.1 Å². The summed E-state index contributed by atoms with van der Waals surface area (Å²) in [6.07, 6.45) is 5.39. The second-order valence-corrected chi connectivity index (χ2v) is 3.70. The van der Waals surface area contributed by atoms with Crippen molar-refractivity contribution in [1.82, 2.24) is 5.32 Å². The minimum Gasteiger partial charge on any atom is -0.348 e. The molecule has 1 aromatic carbocycles. The molecule has 0 spiro atoms. The van der Waals surface area contributed by atoms with Crippen LogP contribution in [0.15, 0.2) is 18.2 Å². The molecule has 0 saturated carbocycles. The molecule has 1 atom stereocenters. The zero-order valence-electron chi connectivity index (χ0n) is 9.64. The highest BCUT2D eigenvalue weighted by Gasteiger charge is 2.21. The number of nitro benzene ring substituents is 1. The van der Waals surface area contributed by atoms with Crippen LogP contribution in [0, 0.1) is 28.3 Å². The molecule has 0 fully saturated rings. The standard InChI is InChI=1S/C12H11FN2O3/c1-3-4-8(2)14-12(16)10-6-5-9(13)7-11(10)15(17)18/h1,5-8H,4H2,2H3,(H,14,16). The van der Waals surface area contributed by atoms with E-state index in [9.17, 15) is 19.3 Å². The van der Waals surface area contributed by atoms with Crippen molar-refractivity contribution in [3.63, 3.8) is 0 Å². The topological polar surface area (TPSA) is 72.2 Å². The number of carbonyl (C=O) groups is 1. The number of nitro groups is 1. The maximum Gasteiger partial charge on any atom is 0.285 e. The Morgan fingerprint density at radius 3 is 2.89 bits per heavy atom. The van der Waals surface area contributed by atoms with Gasteiger partial charge in [-0.2, -0.15) is 0 Å².